The van der Waals surface area contributed by atoms with Crippen LogP contribution >= 0.6 is 11.8 Å². The molecule has 4 aromatic carbocycles. The first-order valence-corrected chi connectivity index (χ1v) is 12.2. The predicted octanol–water partition coefficient (Wildman–Crippen LogP) is 8.56. The van der Waals surface area contributed by atoms with Crippen LogP contribution in [-0.2, 0) is 20.1 Å². The summed E-state index contributed by atoms with van der Waals surface area (Å²) in [6.07, 6.45) is 0. The van der Waals surface area contributed by atoms with Crippen molar-refractivity contribution in [2.45, 2.75) is 27.7 Å². The van der Waals surface area contributed by atoms with Gasteiger partial charge in [-0.2, -0.15) is 24.1 Å². The van der Waals surface area contributed by atoms with E-state index in [-0.39, 0.29) is 20.1 Å². The molecular formula is C31H25IrNS-2. The number of hydrogen-bond donors (Lipinski definition) is 0. The minimum atomic E-state index is 0. The average Bonchev–Trinajstić information content (AvgIpc) is 3.24. The van der Waals surface area contributed by atoms with Gasteiger partial charge in [0, 0.05) is 30.7 Å². The Labute approximate surface area is 220 Å². The molecule has 34 heavy (non-hydrogen) atoms. The number of rotatable bonds is 2. The second-order valence-electron chi connectivity index (χ2n) is 9.00. The van der Waals surface area contributed by atoms with Crippen molar-refractivity contribution >= 4 is 28.1 Å². The van der Waals surface area contributed by atoms with Crippen molar-refractivity contribution in [3.05, 3.63) is 118 Å². The molecule has 0 spiro atoms. The van der Waals surface area contributed by atoms with Gasteiger partial charge in [0.1, 0.15) is 0 Å². The van der Waals surface area contributed by atoms with Crippen LogP contribution < -0.4 is 4.90 Å². The Morgan fingerprint density at radius 1 is 0.706 bits per heavy atom. The second-order valence-corrected chi connectivity index (χ2v) is 9.86. The number of anilines is 1. The topological polar surface area (TPSA) is 3.24 Å². The average molecular weight is 636 g/mol. The maximum atomic E-state index is 3.67. The van der Waals surface area contributed by atoms with Gasteiger partial charge in [-0.3, -0.25) is 11.8 Å². The molecule has 2 heterocycles. The zero-order valence-electron chi connectivity index (χ0n) is 19.7. The normalized spacial score (nSPS) is 13.8. The first kappa shape index (κ1) is 23.2. The summed E-state index contributed by atoms with van der Waals surface area (Å²) in [7, 11) is 0. The predicted molar refractivity (Wildman–Crippen MR) is 143 cm³/mol. The van der Waals surface area contributed by atoms with Crippen molar-refractivity contribution in [2.24, 2.45) is 0 Å². The monoisotopic (exact) mass is 636 g/mol. The van der Waals surface area contributed by atoms with E-state index in [1.165, 1.54) is 66.2 Å². The quantitative estimate of drug-likeness (QED) is 0.203. The Hall–Kier alpha value is -2.58. The van der Waals surface area contributed by atoms with Crippen LogP contribution in [0.2, 0.25) is 0 Å². The fraction of sp³-hybridized carbons (Fsp3) is 0.129. The van der Waals surface area contributed by atoms with Crippen molar-refractivity contribution in [3.8, 4) is 22.3 Å². The Kier molecular flexibility index (Phi) is 6.06. The van der Waals surface area contributed by atoms with Crippen LogP contribution in [0, 0.1) is 39.6 Å². The molecule has 0 N–H and O–H groups in total. The van der Waals surface area contributed by atoms with Gasteiger partial charge in [0.25, 0.3) is 0 Å². The van der Waals surface area contributed by atoms with Crippen molar-refractivity contribution < 1.29 is 20.1 Å². The minimum Gasteiger partial charge on any atom is -0.503 e. The Bertz CT molecular complexity index is 1430. The van der Waals surface area contributed by atoms with E-state index < -0.39 is 0 Å². The molecule has 6 rings (SSSR count). The van der Waals surface area contributed by atoms with Crippen LogP contribution in [0.25, 0.3) is 32.9 Å². The third-order valence-electron chi connectivity index (χ3n) is 6.84. The molecule has 0 saturated heterocycles. The Morgan fingerprint density at radius 3 is 1.94 bits per heavy atom. The molecule has 0 bridgehead atoms. The summed E-state index contributed by atoms with van der Waals surface area (Å²) in [5, 5.41) is 0. The number of hydrogen-bond acceptors (Lipinski definition) is 2. The van der Waals surface area contributed by atoms with Gasteiger partial charge in [0.05, 0.1) is 0 Å². The number of thioether (sulfide) groups is 1. The van der Waals surface area contributed by atoms with Gasteiger partial charge in [-0.25, -0.2) is 0 Å². The van der Waals surface area contributed by atoms with Crippen LogP contribution in [0.1, 0.15) is 33.4 Å². The molecule has 1 nitrogen and oxygen atoms in total. The fourth-order valence-corrected chi connectivity index (χ4v) is 6.50. The molecular weight excluding hydrogens is 611 g/mol. The third-order valence-corrected chi connectivity index (χ3v) is 7.79. The van der Waals surface area contributed by atoms with E-state index in [1.54, 1.807) is 0 Å². The van der Waals surface area contributed by atoms with E-state index in [2.05, 4.69) is 117 Å². The first-order valence-electron chi connectivity index (χ1n) is 11.4. The standard InChI is InChI=1S/C31H25NS.Ir/c1-19-9-7-10-20(2)28(19)23-15-16-27-26(17-23)24-13-5-6-14-25(24)30-31(33-18-32(27)30)29-21(3)11-8-12-22(29)4;/h5-15,17-18H,1-4H3;/q-2;. The molecule has 1 radical (unpaired) electrons. The molecule has 4 aromatic rings. The van der Waals surface area contributed by atoms with Crippen LogP contribution in [0.5, 0.6) is 0 Å². The molecule has 2 aliphatic heterocycles. The summed E-state index contributed by atoms with van der Waals surface area (Å²) in [4.78, 5) is 3.67. The smallest absolute Gasteiger partial charge is 0.0293 e. The van der Waals surface area contributed by atoms with Crippen LogP contribution in [0.4, 0.5) is 5.69 Å². The molecule has 0 unspecified atom stereocenters. The van der Waals surface area contributed by atoms with Gasteiger partial charge >= 0.3 is 0 Å². The summed E-state index contributed by atoms with van der Waals surface area (Å²) < 4.78 is 0. The molecule has 0 amide bonds. The summed E-state index contributed by atoms with van der Waals surface area (Å²) in [6.45, 7) is 8.81. The van der Waals surface area contributed by atoms with Gasteiger partial charge in [0.2, 0.25) is 0 Å². The van der Waals surface area contributed by atoms with E-state index in [9.17, 15) is 0 Å². The minimum absolute atomic E-state index is 0. The maximum absolute atomic E-state index is 3.67. The molecule has 3 heteroatoms. The molecule has 0 saturated carbocycles. The van der Waals surface area contributed by atoms with E-state index in [4.69, 9.17) is 0 Å². The van der Waals surface area contributed by atoms with Crippen molar-refractivity contribution in [3.63, 3.8) is 0 Å². The van der Waals surface area contributed by atoms with E-state index >= 15 is 0 Å². The summed E-state index contributed by atoms with van der Waals surface area (Å²) in [5.41, 5.74) is 15.3. The fourth-order valence-electron chi connectivity index (χ4n) is 5.32. The summed E-state index contributed by atoms with van der Waals surface area (Å²) in [5.74, 6) is 2.25. The second kappa shape index (κ2) is 8.89. The molecule has 0 aromatic heterocycles. The summed E-state index contributed by atoms with van der Waals surface area (Å²) in [6, 6.07) is 30.1. The zero-order chi connectivity index (χ0) is 22.7. The Balaban J connectivity index is 0.00000241. The molecule has 171 valence electrons. The number of fused-ring (bicyclic) bond motifs is 6. The van der Waals surface area contributed by atoms with E-state index in [0.717, 1.165) is 5.69 Å². The van der Waals surface area contributed by atoms with Gasteiger partial charge in [-0.05, 0) is 49.9 Å². The zero-order valence-corrected chi connectivity index (χ0v) is 22.9. The van der Waals surface area contributed by atoms with Crippen molar-refractivity contribution in [1.29, 1.82) is 0 Å². The molecule has 0 atom stereocenters. The number of nitrogens with zero attached hydrogens (tertiary/aromatic N) is 1. The number of aryl methyl sites for hydroxylation is 4. The van der Waals surface area contributed by atoms with Crippen molar-refractivity contribution in [2.75, 3.05) is 4.90 Å². The SMILES string of the molecule is Cc1cccc(C)c1C1=C2c3ccccc3-c3cc(-c4c(C)cccc4C)c[c-]c3N2[CH-]S1.[Ir]. The summed E-state index contributed by atoms with van der Waals surface area (Å²) >= 11 is 1.82. The van der Waals surface area contributed by atoms with Gasteiger partial charge in [-0.15, -0.1) is 11.1 Å². The molecule has 0 aliphatic carbocycles. The maximum Gasteiger partial charge on any atom is 0.0293 e. The van der Waals surface area contributed by atoms with E-state index in [0.29, 0.717) is 0 Å². The first-order chi connectivity index (χ1) is 16.0. The van der Waals surface area contributed by atoms with Crippen LogP contribution in [-0.4, -0.2) is 0 Å². The third kappa shape index (κ3) is 3.50. The van der Waals surface area contributed by atoms with Crippen molar-refractivity contribution in [1.82, 2.24) is 0 Å². The Morgan fingerprint density at radius 2 is 1.29 bits per heavy atom. The van der Waals surface area contributed by atoms with Crippen LogP contribution in [0.3, 0.4) is 0 Å². The largest absolute Gasteiger partial charge is 0.503 e. The van der Waals surface area contributed by atoms with Gasteiger partial charge in [-0.1, -0.05) is 88.6 Å². The van der Waals surface area contributed by atoms with Gasteiger partial charge < -0.3 is 4.90 Å². The number of benzene rings is 4. The van der Waals surface area contributed by atoms with E-state index in [1.807, 2.05) is 11.8 Å². The van der Waals surface area contributed by atoms with Crippen LogP contribution in [0.15, 0.2) is 72.8 Å². The molecule has 2 aliphatic rings. The molecule has 0 fully saturated rings. The van der Waals surface area contributed by atoms with Gasteiger partial charge in [0.15, 0.2) is 0 Å².